The molecule has 2 aromatic carbocycles. The van der Waals surface area contributed by atoms with E-state index in [4.69, 9.17) is 4.74 Å². The average Bonchev–Trinajstić information content (AvgIpc) is 2.79. The van der Waals surface area contributed by atoms with Gasteiger partial charge in [-0.1, -0.05) is 42.1 Å². The third kappa shape index (κ3) is 9.39. The molecule has 0 bridgehead atoms. The van der Waals surface area contributed by atoms with Crippen LogP contribution >= 0.6 is 35.7 Å². The summed E-state index contributed by atoms with van der Waals surface area (Å²) in [6.07, 6.45) is 3.42. The highest BCUT2D eigenvalue weighted by Gasteiger charge is 2.19. The van der Waals surface area contributed by atoms with Gasteiger partial charge in [-0.2, -0.15) is 0 Å². The van der Waals surface area contributed by atoms with Gasteiger partial charge in [0.25, 0.3) is 0 Å². The monoisotopic (exact) mass is 554 g/mol. The van der Waals surface area contributed by atoms with Crippen molar-refractivity contribution in [2.75, 3.05) is 40.4 Å². The third-order valence-electron chi connectivity index (χ3n) is 5.34. The number of nitrogens with one attached hydrogen (secondary N) is 2. The predicted octanol–water partition coefficient (Wildman–Crippen LogP) is 4.62. The molecule has 5 nitrogen and oxygen atoms in total. The second-order valence-corrected chi connectivity index (χ2v) is 8.74. The highest BCUT2D eigenvalue weighted by Crippen LogP contribution is 2.27. The van der Waals surface area contributed by atoms with Crippen molar-refractivity contribution in [3.05, 3.63) is 60.2 Å². The number of methoxy groups -OCH3 is 1. The number of hydrogen-bond acceptors (Lipinski definition) is 4. The Morgan fingerprint density at radius 3 is 2.39 bits per heavy atom. The van der Waals surface area contributed by atoms with E-state index >= 15 is 0 Å². The molecule has 0 aromatic heterocycles. The van der Waals surface area contributed by atoms with Crippen LogP contribution in [-0.2, 0) is 11.3 Å². The lowest BCUT2D eigenvalue weighted by Crippen LogP contribution is -2.48. The van der Waals surface area contributed by atoms with E-state index < -0.39 is 0 Å². The first-order chi connectivity index (χ1) is 14.8. The van der Waals surface area contributed by atoms with Crippen molar-refractivity contribution in [3.63, 3.8) is 0 Å². The topological polar surface area (TPSA) is 48.9 Å². The van der Waals surface area contributed by atoms with E-state index in [0.29, 0.717) is 6.04 Å². The summed E-state index contributed by atoms with van der Waals surface area (Å²) in [7, 11) is 3.61. The molecule has 0 saturated carbocycles. The molecule has 1 aliphatic heterocycles. The largest absolute Gasteiger partial charge is 0.385 e. The number of ether oxygens (including phenoxy) is 1. The highest BCUT2D eigenvalue weighted by molar-refractivity contribution is 14.0. The lowest BCUT2D eigenvalue weighted by atomic mass is 10.1. The fourth-order valence-corrected chi connectivity index (χ4v) is 4.44. The van der Waals surface area contributed by atoms with Crippen LogP contribution in [0.25, 0.3) is 0 Å². The van der Waals surface area contributed by atoms with Gasteiger partial charge in [-0.3, -0.25) is 4.99 Å². The van der Waals surface area contributed by atoms with Gasteiger partial charge < -0.3 is 20.3 Å². The molecule has 0 amide bonds. The number of nitrogens with zero attached hydrogens (tertiary/aromatic N) is 2. The molecule has 0 spiro atoms. The molecule has 3 rings (SSSR count). The van der Waals surface area contributed by atoms with Crippen molar-refractivity contribution in [1.82, 2.24) is 15.5 Å². The third-order valence-corrected chi connectivity index (χ3v) is 6.35. The number of guanidine groups is 1. The maximum absolute atomic E-state index is 5.15. The Hall–Kier alpha value is -1.29. The zero-order chi connectivity index (χ0) is 21.0. The molecule has 1 heterocycles. The summed E-state index contributed by atoms with van der Waals surface area (Å²) in [6, 6.07) is 19.7. The zero-order valence-electron chi connectivity index (χ0n) is 18.5. The molecule has 170 valence electrons. The number of benzene rings is 2. The van der Waals surface area contributed by atoms with Gasteiger partial charge in [0.1, 0.15) is 0 Å². The van der Waals surface area contributed by atoms with Crippen molar-refractivity contribution in [2.24, 2.45) is 4.99 Å². The van der Waals surface area contributed by atoms with Gasteiger partial charge in [-0.15, -0.1) is 24.0 Å². The van der Waals surface area contributed by atoms with Crippen LogP contribution in [-0.4, -0.2) is 57.3 Å². The minimum Gasteiger partial charge on any atom is -0.385 e. The van der Waals surface area contributed by atoms with Gasteiger partial charge in [0, 0.05) is 62.8 Å². The molecule has 31 heavy (non-hydrogen) atoms. The number of aliphatic imine (C=N–C) groups is 1. The summed E-state index contributed by atoms with van der Waals surface area (Å²) in [5.74, 6) is 0.885. The van der Waals surface area contributed by atoms with Gasteiger partial charge >= 0.3 is 0 Å². The molecular weight excluding hydrogens is 519 g/mol. The van der Waals surface area contributed by atoms with Crippen LogP contribution in [0.15, 0.2) is 69.4 Å². The molecule has 0 atom stereocenters. The van der Waals surface area contributed by atoms with E-state index in [9.17, 15) is 0 Å². The van der Waals surface area contributed by atoms with Gasteiger partial charge in [-0.25, -0.2) is 0 Å². The molecule has 1 saturated heterocycles. The zero-order valence-corrected chi connectivity index (χ0v) is 21.7. The second kappa shape index (κ2) is 14.7. The first-order valence-corrected chi connectivity index (χ1v) is 11.6. The Labute approximate surface area is 208 Å². The molecular formula is C24H35IN4OS. The molecule has 0 radical (unpaired) electrons. The Balaban J connectivity index is 0.00000341. The molecule has 0 aliphatic carbocycles. The normalized spacial score (nSPS) is 15.4. The molecule has 1 fully saturated rings. The van der Waals surface area contributed by atoms with Gasteiger partial charge in [0.15, 0.2) is 5.96 Å². The van der Waals surface area contributed by atoms with E-state index in [1.807, 2.05) is 13.1 Å². The van der Waals surface area contributed by atoms with Gasteiger partial charge in [0.2, 0.25) is 0 Å². The van der Waals surface area contributed by atoms with Crippen molar-refractivity contribution in [1.29, 1.82) is 0 Å². The van der Waals surface area contributed by atoms with Crippen molar-refractivity contribution in [3.8, 4) is 0 Å². The Morgan fingerprint density at radius 2 is 1.74 bits per heavy atom. The fourth-order valence-electron chi connectivity index (χ4n) is 3.61. The van der Waals surface area contributed by atoms with E-state index in [2.05, 4.69) is 69.1 Å². The smallest absolute Gasteiger partial charge is 0.191 e. The second-order valence-electron chi connectivity index (χ2n) is 7.59. The first kappa shape index (κ1) is 26.0. The molecule has 0 unspecified atom stereocenters. The van der Waals surface area contributed by atoms with Crippen LogP contribution in [0.5, 0.6) is 0 Å². The van der Waals surface area contributed by atoms with Gasteiger partial charge in [-0.05, 0) is 49.1 Å². The molecule has 2 N–H and O–H groups in total. The summed E-state index contributed by atoms with van der Waals surface area (Å²) in [5, 5.41) is 7.05. The number of piperidine rings is 1. The van der Waals surface area contributed by atoms with Crippen LogP contribution in [0, 0.1) is 0 Å². The Kier molecular flexibility index (Phi) is 12.3. The summed E-state index contributed by atoms with van der Waals surface area (Å²) >= 11 is 1.79. The minimum atomic E-state index is 0. The Bertz CT molecular complexity index is 765. The van der Waals surface area contributed by atoms with Crippen molar-refractivity contribution in [2.45, 2.75) is 41.6 Å². The minimum absolute atomic E-state index is 0. The van der Waals surface area contributed by atoms with E-state index in [-0.39, 0.29) is 24.0 Å². The first-order valence-electron chi connectivity index (χ1n) is 10.8. The van der Waals surface area contributed by atoms with Crippen LogP contribution < -0.4 is 10.6 Å². The lowest BCUT2D eigenvalue weighted by Gasteiger charge is -2.33. The standard InChI is InChI=1S/C24H34N4OS.HI/c1-25-24(27-21-13-16-28(17-14-21)15-6-18-29-2)26-19-20-9-11-23(12-10-20)30-22-7-4-3-5-8-22;/h3-5,7-12,21H,6,13-19H2,1-2H3,(H2,25,26,27);1H. The van der Waals surface area contributed by atoms with E-state index in [1.54, 1.807) is 18.9 Å². The van der Waals surface area contributed by atoms with Crippen LogP contribution in [0.1, 0.15) is 24.8 Å². The number of halogens is 1. The highest BCUT2D eigenvalue weighted by atomic mass is 127. The van der Waals surface area contributed by atoms with E-state index in [0.717, 1.165) is 58.0 Å². The predicted molar refractivity (Wildman–Crippen MR) is 142 cm³/mol. The van der Waals surface area contributed by atoms with Crippen molar-refractivity contribution < 1.29 is 4.74 Å². The number of likely N-dealkylation sites (tertiary alicyclic amines) is 1. The number of hydrogen-bond donors (Lipinski definition) is 2. The fraction of sp³-hybridized carbons (Fsp3) is 0.458. The lowest BCUT2D eigenvalue weighted by molar-refractivity contribution is 0.155. The summed E-state index contributed by atoms with van der Waals surface area (Å²) < 4.78 is 5.15. The quantitative estimate of drug-likeness (QED) is 0.205. The van der Waals surface area contributed by atoms with Crippen molar-refractivity contribution >= 4 is 41.7 Å². The maximum Gasteiger partial charge on any atom is 0.191 e. The maximum atomic E-state index is 5.15. The summed E-state index contributed by atoms with van der Waals surface area (Å²) in [5.41, 5.74) is 1.25. The summed E-state index contributed by atoms with van der Waals surface area (Å²) in [6.45, 7) is 5.02. The molecule has 7 heteroatoms. The molecule has 1 aliphatic rings. The van der Waals surface area contributed by atoms with Crippen LogP contribution in [0.2, 0.25) is 0 Å². The summed E-state index contributed by atoms with van der Waals surface area (Å²) in [4.78, 5) is 9.46. The van der Waals surface area contributed by atoms with Crippen LogP contribution in [0.3, 0.4) is 0 Å². The van der Waals surface area contributed by atoms with E-state index in [1.165, 1.54) is 15.4 Å². The average molecular weight is 555 g/mol. The molecule has 2 aromatic rings. The Morgan fingerprint density at radius 1 is 1.06 bits per heavy atom. The number of rotatable bonds is 9. The van der Waals surface area contributed by atoms with Gasteiger partial charge in [0.05, 0.1) is 0 Å². The SMILES string of the molecule is CN=C(NCc1ccc(Sc2ccccc2)cc1)NC1CCN(CCCOC)CC1.I. The van der Waals surface area contributed by atoms with Crippen LogP contribution in [0.4, 0.5) is 0 Å².